The maximum atomic E-state index is 13.1. The van der Waals surface area contributed by atoms with Crippen molar-refractivity contribution in [2.24, 2.45) is 0 Å². The molecule has 1 aliphatic carbocycles. The molecule has 0 bridgehead atoms. The summed E-state index contributed by atoms with van der Waals surface area (Å²) in [5.74, 6) is -0.0421. The molecule has 0 amide bonds. The zero-order chi connectivity index (χ0) is 17.2. The average Bonchev–Trinajstić information content (AvgIpc) is 3.15. The van der Waals surface area contributed by atoms with E-state index in [4.69, 9.17) is 0 Å². The Balaban J connectivity index is 1.75. The van der Waals surface area contributed by atoms with E-state index < -0.39 is 0 Å². The highest BCUT2D eigenvalue weighted by atomic mass is 19.1. The number of pyridine rings is 1. The first-order chi connectivity index (χ1) is 12.2. The molecule has 6 heteroatoms. The third-order valence-electron chi connectivity index (χ3n) is 4.46. The molecule has 3 aromatic rings. The van der Waals surface area contributed by atoms with Gasteiger partial charge in [0.25, 0.3) is 0 Å². The third-order valence-corrected chi connectivity index (χ3v) is 4.46. The number of hydrogen-bond donors (Lipinski definition) is 1. The van der Waals surface area contributed by atoms with Gasteiger partial charge in [-0.15, -0.1) is 0 Å². The monoisotopic (exact) mass is 336 g/mol. The number of carbonyl (C=O) groups is 1. The Morgan fingerprint density at radius 3 is 2.60 bits per heavy atom. The van der Waals surface area contributed by atoms with Crippen molar-refractivity contribution in [3.05, 3.63) is 59.8 Å². The Bertz CT molecular complexity index is 920. The van der Waals surface area contributed by atoms with Gasteiger partial charge >= 0.3 is 0 Å². The first kappa shape index (κ1) is 15.6. The molecule has 1 aromatic carbocycles. The predicted molar refractivity (Wildman–Crippen MR) is 93.0 cm³/mol. The number of rotatable bonds is 4. The van der Waals surface area contributed by atoms with Gasteiger partial charge in [0.2, 0.25) is 11.6 Å². The van der Waals surface area contributed by atoms with Crippen molar-refractivity contribution in [3.63, 3.8) is 0 Å². The van der Waals surface area contributed by atoms with E-state index in [9.17, 15) is 9.18 Å². The number of anilines is 1. The normalized spacial score (nSPS) is 14.8. The molecule has 1 aliphatic rings. The molecule has 0 saturated heterocycles. The molecule has 5 nitrogen and oxygen atoms in total. The van der Waals surface area contributed by atoms with Crippen LogP contribution in [0, 0.1) is 5.82 Å². The Morgan fingerprint density at radius 2 is 1.84 bits per heavy atom. The largest absolute Gasteiger partial charge is 0.365 e. The summed E-state index contributed by atoms with van der Waals surface area (Å²) >= 11 is 0. The molecule has 1 saturated carbocycles. The molecule has 4 rings (SSSR count). The van der Waals surface area contributed by atoms with Crippen LogP contribution in [0.15, 0.2) is 42.6 Å². The van der Waals surface area contributed by atoms with Gasteiger partial charge in [-0.25, -0.2) is 14.4 Å². The Labute approximate surface area is 144 Å². The summed E-state index contributed by atoms with van der Waals surface area (Å²) in [7, 11) is 0. The molecule has 2 aromatic heterocycles. The first-order valence-electron chi connectivity index (χ1n) is 8.40. The number of ketones is 1. The number of halogens is 1. The summed E-state index contributed by atoms with van der Waals surface area (Å²) in [6.45, 7) is 0. The van der Waals surface area contributed by atoms with Crippen molar-refractivity contribution >= 4 is 22.6 Å². The molecule has 1 fully saturated rings. The summed E-state index contributed by atoms with van der Waals surface area (Å²) in [5, 5.41) is 3.41. The van der Waals surface area contributed by atoms with Crippen molar-refractivity contribution in [2.75, 3.05) is 5.32 Å². The van der Waals surface area contributed by atoms with Gasteiger partial charge in [0, 0.05) is 17.8 Å². The highest BCUT2D eigenvalue weighted by molar-refractivity contribution is 6.07. The molecule has 0 radical (unpaired) electrons. The van der Waals surface area contributed by atoms with Gasteiger partial charge in [-0.3, -0.25) is 9.78 Å². The summed E-state index contributed by atoms with van der Waals surface area (Å²) in [6.07, 6.45) is 6.23. The fourth-order valence-corrected chi connectivity index (χ4v) is 3.16. The minimum Gasteiger partial charge on any atom is -0.365 e. The molecule has 2 heterocycles. The lowest BCUT2D eigenvalue weighted by molar-refractivity contribution is 0.103. The smallest absolute Gasteiger partial charge is 0.230 e. The van der Waals surface area contributed by atoms with Crippen LogP contribution in [-0.4, -0.2) is 26.8 Å². The number of nitrogens with zero attached hydrogens (tertiary/aromatic N) is 3. The fraction of sp³-hybridized carbons (Fsp3) is 0.263. The summed E-state index contributed by atoms with van der Waals surface area (Å²) < 4.78 is 13.1. The standard InChI is InChI=1S/C19H17FN4O/c20-13-9-7-12(8-10-13)17(25)19-23-15-6-3-11-21-16(15)18(24-19)22-14-4-1-2-5-14/h3,6-11,14H,1-2,4-5H2,(H,22,23,24). The zero-order valence-electron chi connectivity index (χ0n) is 13.6. The number of benzene rings is 1. The van der Waals surface area contributed by atoms with Crippen LogP contribution in [-0.2, 0) is 0 Å². The number of fused-ring (bicyclic) bond motifs is 1. The van der Waals surface area contributed by atoms with Crippen LogP contribution >= 0.6 is 0 Å². The number of nitrogens with one attached hydrogen (secondary N) is 1. The Kier molecular flexibility index (Phi) is 4.09. The van der Waals surface area contributed by atoms with Crippen molar-refractivity contribution < 1.29 is 9.18 Å². The van der Waals surface area contributed by atoms with E-state index >= 15 is 0 Å². The SMILES string of the molecule is O=C(c1ccc(F)cc1)c1nc(NC2CCCC2)c2ncccc2n1. The van der Waals surface area contributed by atoms with Crippen LogP contribution in [0.4, 0.5) is 10.2 Å². The van der Waals surface area contributed by atoms with Crippen LogP contribution in [0.25, 0.3) is 11.0 Å². The van der Waals surface area contributed by atoms with Gasteiger partial charge in [-0.1, -0.05) is 12.8 Å². The van der Waals surface area contributed by atoms with E-state index in [2.05, 4.69) is 20.3 Å². The third kappa shape index (κ3) is 3.20. The van der Waals surface area contributed by atoms with Crippen LogP contribution < -0.4 is 5.32 Å². The van der Waals surface area contributed by atoms with E-state index in [0.717, 1.165) is 12.8 Å². The summed E-state index contributed by atoms with van der Waals surface area (Å²) in [5.41, 5.74) is 1.63. The molecule has 0 aliphatic heterocycles. The molecule has 126 valence electrons. The second-order valence-electron chi connectivity index (χ2n) is 6.23. The highest BCUT2D eigenvalue weighted by Gasteiger charge is 2.20. The van der Waals surface area contributed by atoms with Crippen molar-refractivity contribution in [1.29, 1.82) is 0 Å². The van der Waals surface area contributed by atoms with Crippen LogP contribution in [0.5, 0.6) is 0 Å². The lowest BCUT2D eigenvalue weighted by atomic mass is 10.1. The van der Waals surface area contributed by atoms with Gasteiger partial charge < -0.3 is 5.32 Å². The molecule has 1 N–H and O–H groups in total. The van der Waals surface area contributed by atoms with Crippen molar-refractivity contribution in [1.82, 2.24) is 15.0 Å². The van der Waals surface area contributed by atoms with Gasteiger partial charge in [-0.2, -0.15) is 0 Å². The molecular formula is C19H17FN4O. The molecule has 0 atom stereocenters. The molecular weight excluding hydrogens is 319 g/mol. The van der Waals surface area contributed by atoms with E-state index in [1.54, 1.807) is 12.3 Å². The zero-order valence-corrected chi connectivity index (χ0v) is 13.6. The molecule has 25 heavy (non-hydrogen) atoms. The van der Waals surface area contributed by atoms with Crippen molar-refractivity contribution in [3.8, 4) is 0 Å². The van der Waals surface area contributed by atoms with E-state index in [1.807, 2.05) is 6.07 Å². The van der Waals surface area contributed by atoms with Gasteiger partial charge in [0.05, 0.1) is 5.52 Å². The van der Waals surface area contributed by atoms with Crippen LogP contribution in [0.1, 0.15) is 41.9 Å². The second-order valence-corrected chi connectivity index (χ2v) is 6.23. The maximum Gasteiger partial charge on any atom is 0.230 e. The van der Waals surface area contributed by atoms with Crippen molar-refractivity contribution in [2.45, 2.75) is 31.7 Å². The number of hydrogen-bond acceptors (Lipinski definition) is 5. The minimum atomic E-state index is -0.385. The first-order valence-corrected chi connectivity index (χ1v) is 8.40. The quantitative estimate of drug-likeness (QED) is 0.735. The molecule has 0 spiro atoms. The lowest BCUT2D eigenvalue weighted by Crippen LogP contribution is -2.18. The second kappa shape index (κ2) is 6.55. The maximum absolute atomic E-state index is 13.1. The lowest BCUT2D eigenvalue weighted by Gasteiger charge is -2.14. The molecule has 0 unspecified atom stereocenters. The van der Waals surface area contributed by atoms with Gasteiger partial charge in [0.15, 0.2) is 5.82 Å². The van der Waals surface area contributed by atoms with Gasteiger partial charge in [0.1, 0.15) is 11.3 Å². The number of aromatic nitrogens is 3. The summed E-state index contributed by atoms with van der Waals surface area (Å²) in [6, 6.07) is 9.33. The topological polar surface area (TPSA) is 67.8 Å². The van der Waals surface area contributed by atoms with Gasteiger partial charge in [-0.05, 0) is 49.2 Å². The summed E-state index contributed by atoms with van der Waals surface area (Å²) in [4.78, 5) is 25.8. The highest BCUT2D eigenvalue weighted by Crippen LogP contribution is 2.25. The fourth-order valence-electron chi connectivity index (χ4n) is 3.16. The Hall–Kier alpha value is -2.89. The van der Waals surface area contributed by atoms with E-state index in [0.29, 0.717) is 28.5 Å². The van der Waals surface area contributed by atoms with E-state index in [-0.39, 0.29) is 17.4 Å². The van der Waals surface area contributed by atoms with Crippen LogP contribution in [0.2, 0.25) is 0 Å². The Morgan fingerprint density at radius 1 is 1.08 bits per heavy atom. The van der Waals surface area contributed by atoms with Crippen LogP contribution in [0.3, 0.4) is 0 Å². The predicted octanol–water partition coefficient (Wildman–Crippen LogP) is 3.75. The average molecular weight is 336 g/mol. The minimum absolute atomic E-state index is 0.0904. The number of carbonyl (C=O) groups excluding carboxylic acids is 1. The van der Waals surface area contributed by atoms with E-state index in [1.165, 1.54) is 37.1 Å².